The topological polar surface area (TPSA) is 34.1 Å². The minimum atomic E-state index is -3.54. The Morgan fingerprint density at radius 2 is 2.00 bits per heavy atom. The van der Waals surface area contributed by atoms with E-state index in [9.17, 15) is 8.42 Å². The lowest BCUT2D eigenvalue weighted by Crippen LogP contribution is -2.19. The zero-order chi connectivity index (χ0) is 8.48. The largest absolute Gasteiger partial charge is 0.249 e. The van der Waals surface area contributed by atoms with Crippen molar-refractivity contribution in [2.24, 2.45) is 5.92 Å². The minimum Gasteiger partial charge on any atom is -0.211 e. The van der Waals surface area contributed by atoms with Gasteiger partial charge in [-0.15, -0.1) is 11.6 Å². The van der Waals surface area contributed by atoms with Crippen LogP contribution in [-0.2, 0) is 9.05 Å². The van der Waals surface area contributed by atoms with Gasteiger partial charge in [-0.2, -0.15) is 0 Å². The zero-order valence-corrected chi connectivity index (χ0v) is 8.29. The quantitative estimate of drug-likeness (QED) is 0.537. The maximum atomic E-state index is 10.6. The third kappa shape index (κ3) is 2.80. The van der Waals surface area contributed by atoms with Gasteiger partial charge in [-0.25, -0.2) is 8.42 Å². The molecule has 0 aromatic rings. The average molecular weight is 217 g/mol. The average Bonchev–Trinajstić information content (AvgIpc) is 1.75. The Morgan fingerprint density at radius 3 is 2.27 bits per heavy atom. The summed E-state index contributed by atoms with van der Waals surface area (Å²) in [7, 11) is 1.51. The SMILES string of the molecule is O=S(=O)(Cl)C(Cl)CC1CCC1. The summed E-state index contributed by atoms with van der Waals surface area (Å²) in [4.78, 5) is 0. The second-order valence-electron chi connectivity index (χ2n) is 2.92. The monoisotopic (exact) mass is 216 g/mol. The first kappa shape index (κ1) is 9.62. The molecule has 0 saturated heterocycles. The molecular formula is C6H10Cl2O2S. The van der Waals surface area contributed by atoms with E-state index in [2.05, 4.69) is 0 Å². The molecule has 2 nitrogen and oxygen atoms in total. The van der Waals surface area contributed by atoms with Gasteiger partial charge in [0.25, 0.3) is 0 Å². The van der Waals surface area contributed by atoms with Crippen molar-refractivity contribution in [3.8, 4) is 0 Å². The maximum Gasteiger partial charge on any atom is 0.249 e. The van der Waals surface area contributed by atoms with E-state index in [1.807, 2.05) is 0 Å². The van der Waals surface area contributed by atoms with Gasteiger partial charge >= 0.3 is 0 Å². The van der Waals surface area contributed by atoms with Gasteiger partial charge in [0.2, 0.25) is 9.05 Å². The number of alkyl halides is 1. The summed E-state index contributed by atoms with van der Waals surface area (Å²) >= 11 is 5.54. The maximum absolute atomic E-state index is 10.6. The molecule has 1 atom stereocenters. The predicted octanol–water partition coefficient (Wildman–Crippen LogP) is 2.31. The summed E-state index contributed by atoms with van der Waals surface area (Å²) in [6, 6.07) is 0. The van der Waals surface area contributed by atoms with E-state index in [1.165, 1.54) is 6.42 Å². The van der Waals surface area contributed by atoms with Crippen LogP contribution >= 0.6 is 22.3 Å². The molecule has 1 unspecified atom stereocenters. The fourth-order valence-electron chi connectivity index (χ4n) is 1.11. The Balaban J connectivity index is 2.36. The second kappa shape index (κ2) is 3.50. The van der Waals surface area contributed by atoms with E-state index in [4.69, 9.17) is 22.3 Å². The van der Waals surface area contributed by atoms with Gasteiger partial charge < -0.3 is 0 Å². The van der Waals surface area contributed by atoms with E-state index < -0.39 is 13.8 Å². The molecule has 0 aliphatic heterocycles. The third-order valence-corrected chi connectivity index (χ3v) is 4.65. The number of hydrogen-bond acceptors (Lipinski definition) is 2. The van der Waals surface area contributed by atoms with E-state index in [1.54, 1.807) is 0 Å². The van der Waals surface area contributed by atoms with Crippen LogP contribution in [0.2, 0.25) is 0 Å². The molecule has 11 heavy (non-hydrogen) atoms. The van der Waals surface area contributed by atoms with E-state index in [0.717, 1.165) is 12.8 Å². The van der Waals surface area contributed by atoms with Crippen LogP contribution < -0.4 is 0 Å². The van der Waals surface area contributed by atoms with Crippen molar-refractivity contribution in [2.45, 2.75) is 30.4 Å². The number of rotatable bonds is 3. The molecule has 1 aliphatic rings. The Hall–Kier alpha value is 0.530. The Bertz CT molecular complexity index is 221. The Labute approximate surface area is 76.3 Å². The molecular weight excluding hydrogens is 207 g/mol. The molecule has 1 aliphatic carbocycles. The Morgan fingerprint density at radius 1 is 1.45 bits per heavy atom. The molecule has 0 bridgehead atoms. The lowest BCUT2D eigenvalue weighted by molar-refractivity contribution is 0.303. The molecule has 0 amide bonds. The van der Waals surface area contributed by atoms with E-state index >= 15 is 0 Å². The summed E-state index contributed by atoms with van der Waals surface area (Å²) in [5, 5.41) is 0. The number of halogens is 2. The first-order valence-electron chi connectivity index (χ1n) is 3.57. The Kier molecular flexibility index (Phi) is 3.06. The highest BCUT2D eigenvalue weighted by atomic mass is 35.7. The van der Waals surface area contributed by atoms with Crippen molar-refractivity contribution in [3.05, 3.63) is 0 Å². The van der Waals surface area contributed by atoms with Gasteiger partial charge in [0.1, 0.15) is 4.71 Å². The summed E-state index contributed by atoms with van der Waals surface area (Å²) in [5.41, 5.74) is 0. The van der Waals surface area contributed by atoms with Gasteiger partial charge in [0.15, 0.2) is 0 Å². The van der Waals surface area contributed by atoms with E-state index in [0.29, 0.717) is 12.3 Å². The molecule has 1 saturated carbocycles. The second-order valence-corrected chi connectivity index (χ2v) is 6.51. The first-order valence-corrected chi connectivity index (χ1v) is 6.38. The van der Waals surface area contributed by atoms with Crippen LogP contribution in [0, 0.1) is 5.92 Å². The molecule has 1 rings (SSSR count). The fourth-order valence-corrected chi connectivity index (χ4v) is 2.08. The highest BCUT2D eigenvalue weighted by Crippen LogP contribution is 2.33. The summed E-state index contributed by atoms with van der Waals surface area (Å²) in [5.74, 6) is 0.478. The van der Waals surface area contributed by atoms with Gasteiger partial charge in [-0.05, 0) is 12.3 Å². The van der Waals surface area contributed by atoms with Gasteiger partial charge in [0.05, 0.1) is 0 Å². The van der Waals surface area contributed by atoms with Crippen molar-refractivity contribution < 1.29 is 8.42 Å². The van der Waals surface area contributed by atoms with Crippen LogP contribution in [-0.4, -0.2) is 13.1 Å². The van der Waals surface area contributed by atoms with Crippen LogP contribution in [0.4, 0.5) is 0 Å². The molecule has 0 spiro atoms. The van der Waals surface area contributed by atoms with Crippen LogP contribution in [0.25, 0.3) is 0 Å². The molecule has 0 radical (unpaired) electrons. The molecule has 5 heteroatoms. The van der Waals surface area contributed by atoms with Crippen LogP contribution in [0.15, 0.2) is 0 Å². The zero-order valence-electron chi connectivity index (χ0n) is 5.96. The van der Waals surface area contributed by atoms with Gasteiger partial charge in [-0.3, -0.25) is 0 Å². The molecule has 1 fully saturated rings. The van der Waals surface area contributed by atoms with E-state index in [-0.39, 0.29) is 0 Å². The van der Waals surface area contributed by atoms with Crippen molar-refractivity contribution in [1.29, 1.82) is 0 Å². The molecule has 66 valence electrons. The normalized spacial score (nSPS) is 22.7. The number of hydrogen-bond donors (Lipinski definition) is 0. The lowest BCUT2D eigenvalue weighted by Gasteiger charge is -2.26. The highest BCUT2D eigenvalue weighted by Gasteiger charge is 2.27. The molecule has 0 aromatic heterocycles. The standard InChI is InChI=1S/C6H10Cl2O2S/c7-6(11(8,9)10)4-5-2-1-3-5/h5-6H,1-4H2. The predicted molar refractivity (Wildman–Crippen MR) is 46.4 cm³/mol. The molecule has 0 aromatic carbocycles. The molecule has 0 N–H and O–H groups in total. The van der Waals surface area contributed by atoms with Crippen LogP contribution in [0.5, 0.6) is 0 Å². The minimum absolute atomic E-state index is 0.478. The summed E-state index contributed by atoms with van der Waals surface area (Å²) in [6.07, 6.45) is 3.88. The summed E-state index contributed by atoms with van der Waals surface area (Å²) < 4.78 is 20.4. The summed E-state index contributed by atoms with van der Waals surface area (Å²) in [6.45, 7) is 0. The van der Waals surface area contributed by atoms with Gasteiger partial charge in [-0.1, -0.05) is 19.3 Å². The smallest absolute Gasteiger partial charge is 0.211 e. The molecule has 0 heterocycles. The van der Waals surface area contributed by atoms with Crippen LogP contribution in [0.1, 0.15) is 25.7 Å². The van der Waals surface area contributed by atoms with Crippen molar-refractivity contribution in [2.75, 3.05) is 0 Å². The first-order chi connectivity index (χ1) is 5.00. The highest BCUT2D eigenvalue weighted by molar-refractivity contribution is 8.15. The lowest BCUT2D eigenvalue weighted by atomic mass is 9.83. The van der Waals surface area contributed by atoms with Gasteiger partial charge in [0, 0.05) is 10.7 Å². The van der Waals surface area contributed by atoms with Crippen molar-refractivity contribution in [3.63, 3.8) is 0 Å². The fraction of sp³-hybridized carbons (Fsp3) is 1.00. The van der Waals surface area contributed by atoms with Crippen molar-refractivity contribution in [1.82, 2.24) is 0 Å². The van der Waals surface area contributed by atoms with Crippen LogP contribution in [0.3, 0.4) is 0 Å². The third-order valence-electron chi connectivity index (χ3n) is 2.05. The van der Waals surface area contributed by atoms with Crippen molar-refractivity contribution >= 4 is 31.3 Å².